The first kappa shape index (κ1) is 62.5. The third kappa shape index (κ3) is 23.8. The minimum absolute atomic E-state index is 1.12. The quantitative estimate of drug-likeness (QED) is 0.227. The predicted molar refractivity (Wildman–Crippen MR) is 342 cm³/mol. The smallest absolute Gasteiger partial charge is 0.0412 e. The van der Waals surface area contributed by atoms with Gasteiger partial charge in [-0.3, -0.25) is 0 Å². The highest BCUT2D eigenvalue weighted by Gasteiger charge is 2.30. The molecule has 0 aromatic heterocycles. The average Bonchev–Trinajstić information content (AvgIpc) is 3.75. The van der Waals surface area contributed by atoms with Gasteiger partial charge in [-0.25, -0.2) is 0 Å². The third-order valence-corrected chi connectivity index (χ3v) is 26.8. The van der Waals surface area contributed by atoms with Gasteiger partial charge >= 0.3 is 0 Å². The summed E-state index contributed by atoms with van der Waals surface area (Å²) >= 11 is 0. The van der Waals surface area contributed by atoms with Crippen molar-refractivity contribution in [1.29, 1.82) is 0 Å². The molecule has 19 aliphatic rings. The second-order valence-corrected chi connectivity index (χ2v) is 32.7. The van der Waals surface area contributed by atoms with Crippen LogP contribution in [0, 0.1) is 94.7 Å². The van der Waals surface area contributed by atoms with Gasteiger partial charge in [0.05, 0.1) is 0 Å². The summed E-state index contributed by atoms with van der Waals surface area (Å²) in [5, 5.41) is 0. The summed E-state index contributed by atoms with van der Waals surface area (Å²) < 4.78 is 0. The van der Waals surface area contributed by atoms with Crippen molar-refractivity contribution in [2.24, 2.45) is 94.7 Å². The lowest BCUT2D eigenvalue weighted by molar-refractivity contribution is 0.176. The molecule has 0 heterocycles. The molecule has 6 unspecified atom stereocenters. The summed E-state index contributed by atoms with van der Waals surface area (Å²) in [6, 6.07) is 0. The van der Waals surface area contributed by atoms with E-state index in [0.29, 0.717) is 0 Å². The van der Waals surface area contributed by atoms with Crippen molar-refractivity contribution in [3.8, 4) is 0 Å². The first-order valence-corrected chi connectivity index (χ1v) is 38.6. The van der Waals surface area contributed by atoms with Crippen LogP contribution in [0.1, 0.15) is 398 Å². The lowest BCUT2D eigenvalue weighted by Crippen LogP contribution is -2.21. The predicted octanol–water partition coefficient (Wildman–Crippen LogP) is 26.2. The van der Waals surface area contributed by atoms with Gasteiger partial charge in [0.1, 0.15) is 0 Å². The molecule has 0 heteroatoms. The first-order chi connectivity index (χ1) is 38.6. The maximum atomic E-state index is 1.58. The number of hydrogen-bond donors (Lipinski definition) is 0. The molecule has 0 saturated heterocycles. The molecule has 0 amide bonds. The zero-order valence-electron chi connectivity index (χ0n) is 53.1. The Kier molecular flexibility index (Phi) is 29.5. The second kappa shape index (κ2) is 36.8. The zero-order chi connectivity index (χ0) is 53.1. The molecule has 0 aliphatic heterocycles. The second-order valence-electron chi connectivity index (χ2n) is 32.7. The van der Waals surface area contributed by atoms with Crippen molar-refractivity contribution in [2.45, 2.75) is 398 Å². The van der Waals surface area contributed by atoms with E-state index in [9.17, 15) is 0 Å². The van der Waals surface area contributed by atoms with Gasteiger partial charge in [-0.05, 0) is 114 Å². The Morgan fingerprint density at radius 1 is 0.0769 bits per heavy atom. The molecule has 0 N–H and O–H groups in total. The Balaban J connectivity index is 0.000000109. The minimum Gasteiger partial charge on any atom is -0.0530 e. The Morgan fingerprint density at radius 3 is 0.359 bits per heavy atom. The summed E-state index contributed by atoms with van der Waals surface area (Å²) in [5.74, 6) is 18.2. The van der Waals surface area contributed by atoms with E-state index in [2.05, 4.69) is 0 Å². The molecule has 19 rings (SSSR count). The molecular formula is C78H140. The Labute approximate surface area is 490 Å². The Morgan fingerprint density at radius 2 is 0.167 bits per heavy atom. The van der Waals surface area contributed by atoms with E-state index in [4.69, 9.17) is 0 Å². The summed E-state index contributed by atoms with van der Waals surface area (Å²) in [4.78, 5) is 0. The van der Waals surface area contributed by atoms with Crippen LogP contribution in [0.4, 0.5) is 0 Å². The molecule has 0 radical (unpaired) electrons. The fraction of sp³-hybridized carbons (Fsp3) is 1.00. The summed E-state index contributed by atoms with van der Waals surface area (Å²) in [7, 11) is 0. The van der Waals surface area contributed by atoms with Gasteiger partial charge in [0.25, 0.3) is 0 Å². The van der Waals surface area contributed by atoms with Crippen LogP contribution in [0.25, 0.3) is 0 Å². The molecule has 19 saturated carbocycles. The summed E-state index contributed by atoms with van der Waals surface area (Å²) in [6.07, 6.45) is 96.1. The maximum absolute atomic E-state index is 1.58. The van der Waals surface area contributed by atoms with Gasteiger partial charge in [0.2, 0.25) is 0 Å². The van der Waals surface area contributed by atoms with Crippen LogP contribution in [0.3, 0.4) is 0 Å². The number of rotatable bonds is 0. The molecular weight excluding hydrogens is 937 g/mol. The summed E-state index contributed by atoms with van der Waals surface area (Å²) in [5.41, 5.74) is 0. The van der Waals surface area contributed by atoms with Crippen molar-refractivity contribution in [2.75, 3.05) is 0 Å². The fourth-order valence-corrected chi connectivity index (χ4v) is 21.5. The van der Waals surface area contributed by atoms with Crippen LogP contribution in [0.15, 0.2) is 0 Å². The number of fused-ring (bicyclic) bond motifs is 26. The van der Waals surface area contributed by atoms with Gasteiger partial charge in [-0.15, -0.1) is 0 Å². The van der Waals surface area contributed by atoms with Crippen LogP contribution in [-0.2, 0) is 0 Å². The molecule has 16 bridgehead atoms. The van der Waals surface area contributed by atoms with Crippen LogP contribution in [0.5, 0.6) is 0 Å². The lowest BCUT2D eigenvalue weighted by atomic mass is 9.71. The third-order valence-electron chi connectivity index (χ3n) is 26.8. The van der Waals surface area contributed by atoms with Crippen molar-refractivity contribution in [1.82, 2.24) is 0 Å². The number of hydrogen-bond acceptors (Lipinski definition) is 0. The van der Waals surface area contributed by atoms with Crippen LogP contribution in [0.2, 0.25) is 0 Å². The molecule has 6 atom stereocenters. The Bertz CT molecular complexity index is 1290. The van der Waals surface area contributed by atoms with Crippen LogP contribution >= 0.6 is 0 Å². The van der Waals surface area contributed by atoms with Crippen molar-refractivity contribution >= 4 is 0 Å². The SMILES string of the molecule is C1CC2CCC1CC2.C1CC2CCCC(C1)C2.C1CC2CCCC(C1)CC2.C1CC2CCCC(C1)CCC2.C1CCC2CCC(C1)C2.C1CCC2CCC(C1)CC2.C1CCC2CCCC(C1)C2.C1CCC2CCCC(C1)CC2. The fourth-order valence-electron chi connectivity index (χ4n) is 21.5. The molecule has 0 aromatic carbocycles. The van der Waals surface area contributed by atoms with Gasteiger partial charge in [-0.1, -0.05) is 379 Å². The largest absolute Gasteiger partial charge is 0.0530 e. The molecule has 0 aromatic rings. The normalized spacial score (nSPS) is 41.2. The molecule has 19 aliphatic carbocycles. The molecule has 0 spiro atoms. The average molecular weight is 1080 g/mol. The van der Waals surface area contributed by atoms with Crippen LogP contribution in [-0.4, -0.2) is 0 Å². The van der Waals surface area contributed by atoms with Crippen molar-refractivity contribution < 1.29 is 0 Å². The van der Waals surface area contributed by atoms with Gasteiger partial charge in [-0.2, -0.15) is 0 Å². The van der Waals surface area contributed by atoms with E-state index in [1.165, 1.54) is 109 Å². The van der Waals surface area contributed by atoms with Gasteiger partial charge in [0.15, 0.2) is 0 Å². The molecule has 0 nitrogen and oxygen atoms in total. The monoisotopic (exact) mass is 1080 g/mol. The highest BCUT2D eigenvalue weighted by molar-refractivity contribution is 4.83. The zero-order valence-corrected chi connectivity index (χ0v) is 53.1. The first-order valence-electron chi connectivity index (χ1n) is 38.6. The van der Waals surface area contributed by atoms with E-state index < -0.39 is 0 Å². The van der Waals surface area contributed by atoms with E-state index in [1.54, 1.807) is 289 Å². The maximum Gasteiger partial charge on any atom is -0.0412 e. The van der Waals surface area contributed by atoms with E-state index in [0.717, 1.165) is 94.7 Å². The Hall–Kier alpha value is 0. The molecule has 19 fully saturated rings. The van der Waals surface area contributed by atoms with E-state index in [1.807, 2.05) is 0 Å². The van der Waals surface area contributed by atoms with E-state index >= 15 is 0 Å². The topological polar surface area (TPSA) is 0 Å². The van der Waals surface area contributed by atoms with Crippen molar-refractivity contribution in [3.63, 3.8) is 0 Å². The summed E-state index contributed by atoms with van der Waals surface area (Å²) in [6.45, 7) is 0. The van der Waals surface area contributed by atoms with Crippen LogP contribution < -0.4 is 0 Å². The molecule has 452 valence electrons. The molecule has 78 heavy (non-hydrogen) atoms. The minimum atomic E-state index is 1.12. The lowest BCUT2D eigenvalue weighted by Gasteiger charge is -2.35. The highest BCUT2D eigenvalue weighted by Crippen LogP contribution is 2.44. The highest BCUT2D eigenvalue weighted by atomic mass is 14.4. The van der Waals surface area contributed by atoms with Crippen molar-refractivity contribution in [3.05, 3.63) is 0 Å². The van der Waals surface area contributed by atoms with Gasteiger partial charge in [0, 0.05) is 0 Å². The standard InChI is InChI=1S/2C11H20.3C10H18.2C9H16.C8H14/c1-4-10-6-2-7-11(5-1)9-3-8-10;1-2-5-11-7-3-6-10(4-1)8-9-11;1-3-9-5-2-6-10(4-1)8-7-9;1-2-5-10-7-3-6-9(4-1)8-10;1-2-4-10-7-5-9(3-1)6-8-10;1-3-8-5-2-6-9(4-1)7-8;1-2-4-9-6-5-8(3-1)7-9;1-2-8-5-3-7(1)4-6-8/h2*10-11H,1-9H2;3*9-10H,1-8H2;2*8-9H,1-7H2;7-8H,1-6H2. The van der Waals surface area contributed by atoms with E-state index in [-0.39, 0.29) is 0 Å². The van der Waals surface area contributed by atoms with Gasteiger partial charge < -0.3 is 0 Å².